The van der Waals surface area contributed by atoms with Crippen molar-refractivity contribution in [3.05, 3.63) is 72.3 Å². The molecule has 0 amide bonds. The van der Waals surface area contributed by atoms with E-state index in [1.54, 1.807) is 0 Å². The Labute approximate surface area is 155 Å². The Bertz CT molecular complexity index is 801. The highest BCUT2D eigenvalue weighted by molar-refractivity contribution is 5.64. The van der Waals surface area contributed by atoms with E-state index >= 15 is 0 Å². The van der Waals surface area contributed by atoms with Gasteiger partial charge in [0.25, 0.3) is 0 Å². The molecule has 3 aromatic rings. The second kappa shape index (κ2) is 8.99. The van der Waals surface area contributed by atoms with Crippen molar-refractivity contribution in [1.29, 1.82) is 0 Å². The van der Waals surface area contributed by atoms with E-state index in [-0.39, 0.29) is 6.04 Å². The number of rotatable bonds is 8. The first-order valence-corrected chi connectivity index (χ1v) is 9.19. The molecule has 0 radical (unpaired) electrons. The van der Waals surface area contributed by atoms with Crippen molar-refractivity contribution in [3.63, 3.8) is 0 Å². The summed E-state index contributed by atoms with van der Waals surface area (Å²) in [6.07, 6.45) is 2.11. The van der Waals surface area contributed by atoms with Crippen LogP contribution >= 0.6 is 0 Å². The maximum Gasteiger partial charge on any atom is 0.225 e. The first-order chi connectivity index (χ1) is 12.7. The van der Waals surface area contributed by atoms with Gasteiger partial charge in [-0.2, -0.15) is 4.98 Å². The minimum absolute atomic E-state index is 0.284. The number of benzene rings is 2. The Balaban J connectivity index is 1.69. The van der Waals surface area contributed by atoms with Crippen LogP contribution < -0.4 is 10.6 Å². The smallest absolute Gasteiger partial charge is 0.225 e. The molecule has 0 unspecified atom stereocenters. The highest BCUT2D eigenvalue weighted by atomic mass is 15.1. The zero-order chi connectivity index (χ0) is 18.2. The molecule has 134 valence electrons. The average molecular weight is 346 g/mol. The average Bonchev–Trinajstić information content (AvgIpc) is 2.66. The molecule has 0 aliphatic carbocycles. The van der Waals surface area contributed by atoms with Crippen LogP contribution in [0.2, 0.25) is 0 Å². The number of aromatic nitrogens is 2. The summed E-state index contributed by atoms with van der Waals surface area (Å²) >= 11 is 0. The lowest BCUT2D eigenvalue weighted by Crippen LogP contribution is -2.14. The van der Waals surface area contributed by atoms with Gasteiger partial charge >= 0.3 is 0 Å². The maximum atomic E-state index is 4.66. The van der Waals surface area contributed by atoms with Gasteiger partial charge in [0, 0.05) is 24.2 Å². The Morgan fingerprint density at radius 2 is 1.58 bits per heavy atom. The molecule has 0 saturated heterocycles. The third-order valence-electron chi connectivity index (χ3n) is 4.00. The van der Waals surface area contributed by atoms with E-state index in [1.165, 1.54) is 5.56 Å². The van der Waals surface area contributed by atoms with Crippen LogP contribution in [0, 0.1) is 0 Å². The Morgan fingerprint density at radius 1 is 0.885 bits per heavy atom. The minimum Gasteiger partial charge on any atom is -0.370 e. The molecule has 0 aliphatic heterocycles. The molecule has 4 heteroatoms. The summed E-state index contributed by atoms with van der Waals surface area (Å²) in [6.45, 7) is 5.05. The SMILES string of the molecule is CC(C)Nc1nc(NCCCc2ccccc2)cc(-c2ccccc2)n1. The first-order valence-electron chi connectivity index (χ1n) is 9.19. The van der Waals surface area contributed by atoms with E-state index in [0.717, 1.165) is 36.5 Å². The van der Waals surface area contributed by atoms with Crippen LogP contribution in [0.5, 0.6) is 0 Å². The summed E-state index contributed by atoms with van der Waals surface area (Å²) in [7, 11) is 0. The van der Waals surface area contributed by atoms with Crippen molar-refractivity contribution in [2.45, 2.75) is 32.7 Å². The molecule has 0 fully saturated rings. The third kappa shape index (κ3) is 5.31. The zero-order valence-corrected chi connectivity index (χ0v) is 15.4. The summed E-state index contributed by atoms with van der Waals surface area (Å²) in [5.74, 6) is 1.52. The quantitative estimate of drug-likeness (QED) is 0.563. The summed E-state index contributed by atoms with van der Waals surface area (Å²) in [5, 5.41) is 6.76. The Kier molecular flexibility index (Phi) is 6.20. The lowest BCUT2D eigenvalue weighted by atomic mass is 10.1. The van der Waals surface area contributed by atoms with E-state index in [1.807, 2.05) is 24.3 Å². The molecule has 2 aromatic carbocycles. The lowest BCUT2D eigenvalue weighted by Gasteiger charge is -2.13. The molecular weight excluding hydrogens is 320 g/mol. The monoisotopic (exact) mass is 346 g/mol. The van der Waals surface area contributed by atoms with Crippen LogP contribution in [0.3, 0.4) is 0 Å². The van der Waals surface area contributed by atoms with Gasteiger partial charge in [0.15, 0.2) is 0 Å². The van der Waals surface area contributed by atoms with E-state index in [4.69, 9.17) is 0 Å². The molecule has 0 saturated carbocycles. The molecule has 1 aromatic heterocycles. The van der Waals surface area contributed by atoms with Crippen molar-refractivity contribution in [3.8, 4) is 11.3 Å². The maximum absolute atomic E-state index is 4.66. The van der Waals surface area contributed by atoms with Gasteiger partial charge in [0.1, 0.15) is 5.82 Å². The number of aryl methyl sites for hydroxylation is 1. The highest BCUT2D eigenvalue weighted by Gasteiger charge is 2.07. The Hall–Kier alpha value is -2.88. The van der Waals surface area contributed by atoms with Crippen molar-refractivity contribution < 1.29 is 0 Å². The largest absolute Gasteiger partial charge is 0.370 e. The molecule has 26 heavy (non-hydrogen) atoms. The third-order valence-corrected chi connectivity index (χ3v) is 4.00. The molecule has 3 rings (SSSR count). The van der Waals surface area contributed by atoms with E-state index < -0.39 is 0 Å². The summed E-state index contributed by atoms with van der Waals surface area (Å²) in [6, 6.07) is 23.1. The van der Waals surface area contributed by atoms with E-state index in [9.17, 15) is 0 Å². The first kappa shape index (κ1) is 17.9. The predicted octanol–water partition coefficient (Wildman–Crippen LogP) is 5.01. The molecule has 0 aliphatic rings. The van der Waals surface area contributed by atoms with Crippen LogP contribution in [0.1, 0.15) is 25.8 Å². The molecule has 1 heterocycles. The summed E-state index contributed by atoms with van der Waals surface area (Å²) in [4.78, 5) is 9.27. The molecule has 0 spiro atoms. The van der Waals surface area contributed by atoms with Crippen LogP contribution in [0.15, 0.2) is 66.7 Å². The fraction of sp³-hybridized carbons (Fsp3) is 0.273. The van der Waals surface area contributed by atoms with Crippen LogP contribution in [-0.2, 0) is 6.42 Å². The van der Waals surface area contributed by atoms with Gasteiger partial charge in [-0.15, -0.1) is 0 Å². The number of hydrogen-bond acceptors (Lipinski definition) is 4. The topological polar surface area (TPSA) is 49.8 Å². The lowest BCUT2D eigenvalue weighted by molar-refractivity contribution is 0.852. The minimum atomic E-state index is 0.284. The number of hydrogen-bond donors (Lipinski definition) is 2. The predicted molar refractivity (Wildman–Crippen MR) is 109 cm³/mol. The van der Waals surface area contributed by atoms with Crippen LogP contribution in [-0.4, -0.2) is 22.6 Å². The van der Waals surface area contributed by atoms with E-state index in [2.05, 4.69) is 76.9 Å². The summed E-state index contributed by atoms with van der Waals surface area (Å²) < 4.78 is 0. The van der Waals surface area contributed by atoms with Crippen molar-refractivity contribution in [2.75, 3.05) is 17.2 Å². The standard InChI is InChI=1S/C22H26N4/c1-17(2)24-22-25-20(19-13-7-4-8-14-19)16-21(26-22)23-15-9-12-18-10-5-3-6-11-18/h3-8,10-11,13-14,16-17H,9,12,15H2,1-2H3,(H2,23,24,25,26). The summed E-state index contributed by atoms with van der Waals surface area (Å²) in [5.41, 5.74) is 3.38. The van der Waals surface area contributed by atoms with E-state index in [0.29, 0.717) is 5.95 Å². The van der Waals surface area contributed by atoms with Gasteiger partial charge in [-0.25, -0.2) is 4.98 Å². The number of nitrogens with one attached hydrogen (secondary N) is 2. The van der Waals surface area contributed by atoms with Crippen LogP contribution in [0.25, 0.3) is 11.3 Å². The molecule has 2 N–H and O–H groups in total. The van der Waals surface area contributed by atoms with Gasteiger partial charge in [0.05, 0.1) is 5.69 Å². The molecular formula is C22H26N4. The number of nitrogens with zero attached hydrogens (tertiary/aromatic N) is 2. The number of anilines is 2. The molecule has 0 bridgehead atoms. The van der Waals surface area contributed by atoms with Crippen molar-refractivity contribution in [2.24, 2.45) is 0 Å². The fourth-order valence-electron chi connectivity index (χ4n) is 2.77. The van der Waals surface area contributed by atoms with Gasteiger partial charge in [0.2, 0.25) is 5.95 Å². The molecule has 4 nitrogen and oxygen atoms in total. The second-order valence-corrected chi connectivity index (χ2v) is 6.64. The Morgan fingerprint density at radius 3 is 2.27 bits per heavy atom. The second-order valence-electron chi connectivity index (χ2n) is 6.64. The van der Waals surface area contributed by atoms with Gasteiger partial charge < -0.3 is 10.6 Å². The fourth-order valence-corrected chi connectivity index (χ4v) is 2.77. The zero-order valence-electron chi connectivity index (χ0n) is 15.4. The highest BCUT2D eigenvalue weighted by Crippen LogP contribution is 2.21. The molecule has 0 atom stereocenters. The van der Waals surface area contributed by atoms with Gasteiger partial charge in [-0.1, -0.05) is 60.7 Å². The van der Waals surface area contributed by atoms with Crippen molar-refractivity contribution >= 4 is 11.8 Å². The van der Waals surface area contributed by atoms with Crippen molar-refractivity contribution in [1.82, 2.24) is 9.97 Å². The van der Waals surface area contributed by atoms with Gasteiger partial charge in [-0.05, 0) is 32.3 Å². The normalized spacial score (nSPS) is 10.7. The van der Waals surface area contributed by atoms with Crippen LogP contribution in [0.4, 0.5) is 11.8 Å². The van der Waals surface area contributed by atoms with Gasteiger partial charge in [-0.3, -0.25) is 0 Å².